The van der Waals surface area contributed by atoms with Crippen molar-refractivity contribution in [3.05, 3.63) is 184 Å². The molecule has 0 amide bonds. The van der Waals surface area contributed by atoms with Crippen LogP contribution in [0.5, 0.6) is 0 Å². The smallest absolute Gasteiger partial charge is 0.257 e. The van der Waals surface area contributed by atoms with Gasteiger partial charge in [-0.2, -0.15) is 0 Å². The van der Waals surface area contributed by atoms with Gasteiger partial charge in [-0.15, -0.1) is 26.3 Å². The van der Waals surface area contributed by atoms with Crippen molar-refractivity contribution in [1.29, 1.82) is 0 Å². The summed E-state index contributed by atoms with van der Waals surface area (Å²) >= 11 is 0. The lowest BCUT2D eigenvalue weighted by Gasteiger charge is -2.34. The average Bonchev–Trinajstić information content (AvgIpc) is 3.34. The molecule has 0 aromatic heterocycles. The maximum Gasteiger partial charge on any atom is 0.257 e. The molecular formula is C40H44O2Si2. The Hall–Kier alpha value is -4.07. The SMILES string of the molecule is C=CC1C=CCC[Si](c2ccccc2)(c2ccccc2)O1.C=CCC[Si](OC(C=C)C=C)(c1ccccc1)c1ccccc1. The summed E-state index contributed by atoms with van der Waals surface area (Å²) in [7, 11) is -4.59. The highest BCUT2D eigenvalue weighted by Gasteiger charge is 2.41. The van der Waals surface area contributed by atoms with Crippen molar-refractivity contribution in [2.45, 2.75) is 37.1 Å². The molecule has 0 saturated carbocycles. The van der Waals surface area contributed by atoms with E-state index in [9.17, 15) is 0 Å². The van der Waals surface area contributed by atoms with Crippen LogP contribution in [0.15, 0.2) is 184 Å². The van der Waals surface area contributed by atoms with Crippen LogP contribution in [0.4, 0.5) is 0 Å². The third-order valence-electron chi connectivity index (χ3n) is 8.02. The molecule has 1 aliphatic rings. The standard InChI is InChI=1S/C21H24OSi.C19H20OSi/c1-4-7-18-23(22-19(5-2)6-3,20-14-10-8-11-15-20)21-16-12-9-13-17-21;1-2-17-11-9-10-16-21(20-17,18-12-5-3-6-13-18)19-14-7-4-8-15-19/h4-6,8-17,19H,1-3,7,18H2;2-9,11-15,17H,1,10,16H2. The third kappa shape index (κ3) is 7.90. The fourth-order valence-corrected chi connectivity index (χ4v) is 13.8. The zero-order chi connectivity index (χ0) is 31.1. The molecule has 1 heterocycles. The first-order valence-corrected chi connectivity index (χ1v) is 19.6. The van der Waals surface area contributed by atoms with E-state index >= 15 is 0 Å². The van der Waals surface area contributed by atoms with Crippen LogP contribution in [0.1, 0.15) is 12.8 Å². The topological polar surface area (TPSA) is 18.5 Å². The van der Waals surface area contributed by atoms with Crippen molar-refractivity contribution in [2.24, 2.45) is 0 Å². The van der Waals surface area contributed by atoms with Gasteiger partial charge < -0.3 is 8.85 Å². The van der Waals surface area contributed by atoms with Gasteiger partial charge in [-0.1, -0.05) is 158 Å². The molecule has 4 heteroatoms. The first kappa shape index (κ1) is 32.8. The molecule has 1 unspecified atom stereocenters. The molecule has 4 aromatic rings. The molecule has 4 aromatic carbocycles. The van der Waals surface area contributed by atoms with Gasteiger partial charge in [-0.25, -0.2) is 0 Å². The van der Waals surface area contributed by atoms with Crippen LogP contribution in [0, 0.1) is 0 Å². The number of hydrogen-bond acceptors (Lipinski definition) is 2. The van der Waals surface area contributed by atoms with Gasteiger partial charge in [0.15, 0.2) is 0 Å². The van der Waals surface area contributed by atoms with Crippen LogP contribution in [-0.4, -0.2) is 28.8 Å². The minimum absolute atomic E-state index is 0.000390. The van der Waals surface area contributed by atoms with Gasteiger partial charge in [-0.3, -0.25) is 0 Å². The molecule has 0 aliphatic carbocycles. The van der Waals surface area contributed by atoms with Crippen molar-refractivity contribution in [2.75, 3.05) is 0 Å². The first-order chi connectivity index (χ1) is 21.6. The highest BCUT2D eigenvalue weighted by molar-refractivity contribution is 6.98. The maximum absolute atomic E-state index is 6.67. The second-order valence-corrected chi connectivity index (χ2v) is 17.9. The van der Waals surface area contributed by atoms with Gasteiger partial charge in [0.2, 0.25) is 0 Å². The Morgan fingerprint density at radius 3 is 1.64 bits per heavy atom. The quantitative estimate of drug-likeness (QED) is 0.123. The van der Waals surface area contributed by atoms with E-state index in [-0.39, 0.29) is 12.2 Å². The normalized spacial score (nSPS) is 15.7. The molecule has 0 N–H and O–H groups in total. The van der Waals surface area contributed by atoms with Crippen molar-refractivity contribution >= 4 is 37.4 Å². The van der Waals surface area contributed by atoms with Crippen LogP contribution >= 0.6 is 0 Å². The van der Waals surface area contributed by atoms with E-state index in [1.54, 1.807) is 0 Å². The fraction of sp³-hybridized carbons (Fsp3) is 0.150. The molecule has 5 rings (SSSR count). The van der Waals surface area contributed by atoms with Crippen molar-refractivity contribution < 1.29 is 8.85 Å². The molecule has 0 bridgehead atoms. The van der Waals surface area contributed by atoms with E-state index in [1.165, 1.54) is 20.7 Å². The molecule has 224 valence electrons. The van der Waals surface area contributed by atoms with Crippen LogP contribution in [-0.2, 0) is 8.85 Å². The summed E-state index contributed by atoms with van der Waals surface area (Å²) in [5, 5.41) is 5.21. The van der Waals surface area contributed by atoms with Crippen LogP contribution in [0.2, 0.25) is 12.1 Å². The van der Waals surface area contributed by atoms with Crippen LogP contribution in [0.25, 0.3) is 0 Å². The molecule has 0 spiro atoms. The minimum atomic E-state index is -2.39. The molecular weight excluding hydrogens is 569 g/mol. The van der Waals surface area contributed by atoms with Gasteiger partial charge in [0, 0.05) is 0 Å². The largest absolute Gasteiger partial charge is 0.398 e. The van der Waals surface area contributed by atoms with E-state index in [0.29, 0.717) is 0 Å². The average molecular weight is 613 g/mol. The van der Waals surface area contributed by atoms with Crippen molar-refractivity contribution in [1.82, 2.24) is 0 Å². The predicted octanol–water partition coefficient (Wildman–Crippen LogP) is 7.36. The Balaban J connectivity index is 0.000000201. The zero-order valence-electron chi connectivity index (χ0n) is 25.6. The van der Waals surface area contributed by atoms with Crippen LogP contribution in [0.3, 0.4) is 0 Å². The summed E-state index contributed by atoms with van der Waals surface area (Å²) in [6, 6.07) is 44.5. The van der Waals surface area contributed by atoms with E-state index in [4.69, 9.17) is 8.85 Å². The number of benzene rings is 4. The molecule has 0 saturated heterocycles. The number of rotatable bonds is 12. The van der Waals surface area contributed by atoms with Gasteiger partial charge in [0.25, 0.3) is 16.6 Å². The van der Waals surface area contributed by atoms with Crippen molar-refractivity contribution in [3.63, 3.8) is 0 Å². The summed E-state index contributed by atoms with van der Waals surface area (Å²) in [5.74, 6) is 0. The predicted molar refractivity (Wildman–Crippen MR) is 194 cm³/mol. The van der Waals surface area contributed by atoms with Gasteiger partial charge in [0.05, 0.1) is 12.2 Å². The van der Waals surface area contributed by atoms with Gasteiger partial charge in [-0.05, 0) is 45.7 Å². The summed E-state index contributed by atoms with van der Waals surface area (Å²) in [6.07, 6.45) is 13.7. The Labute approximate surface area is 266 Å². The second kappa shape index (κ2) is 16.7. The van der Waals surface area contributed by atoms with Gasteiger partial charge in [0.1, 0.15) is 0 Å². The lowest BCUT2D eigenvalue weighted by atomic mass is 10.3. The molecule has 44 heavy (non-hydrogen) atoms. The van der Waals surface area contributed by atoms with E-state index in [0.717, 1.165) is 24.9 Å². The lowest BCUT2D eigenvalue weighted by molar-refractivity contribution is 0.294. The molecule has 1 atom stereocenters. The lowest BCUT2D eigenvalue weighted by Crippen LogP contribution is -2.61. The first-order valence-electron chi connectivity index (χ1n) is 15.3. The number of allylic oxidation sites excluding steroid dienone is 2. The number of hydrogen-bond donors (Lipinski definition) is 0. The summed E-state index contributed by atoms with van der Waals surface area (Å²) < 4.78 is 13.3. The Kier molecular flexibility index (Phi) is 12.5. The van der Waals surface area contributed by atoms with Crippen LogP contribution < -0.4 is 20.7 Å². The Morgan fingerprint density at radius 2 is 1.20 bits per heavy atom. The zero-order valence-corrected chi connectivity index (χ0v) is 27.6. The third-order valence-corrected chi connectivity index (χ3v) is 16.4. The Morgan fingerprint density at radius 1 is 0.727 bits per heavy atom. The summed E-state index contributed by atoms with van der Waals surface area (Å²) in [4.78, 5) is 0. The van der Waals surface area contributed by atoms with Gasteiger partial charge >= 0.3 is 0 Å². The molecule has 0 radical (unpaired) electrons. The summed E-state index contributed by atoms with van der Waals surface area (Å²) in [5.41, 5.74) is 0. The summed E-state index contributed by atoms with van der Waals surface area (Å²) in [6.45, 7) is 15.6. The monoisotopic (exact) mass is 612 g/mol. The molecule has 2 nitrogen and oxygen atoms in total. The fourth-order valence-electron chi connectivity index (χ4n) is 5.78. The minimum Gasteiger partial charge on any atom is -0.398 e. The second-order valence-electron chi connectivity index (χ2n) is 10.8. The Bertz CT molecular complexity index is 1400. The molecule has 1 aliphatic heterocycles. The molecule has 0 fully saturated rings. The highest BCUT2D eigenvalue weighted by atomic mass is 28.4. The van der Waals surface area contributed by atoms with E-state index in [2.05, 4.69) is 148 Å². The van der Waals surface area contributed by atoms with Crippen molar-refractivity contribution in [3.8, 4) is 0 Å². The van der Waals surface area contributed by atoms with E-state index < -0.39 is 16.6 Å². The maximum atomic E-state index is 6.67. The highest BCUT2D eigenvalue weighted by Crippen LogP contribution is 2.23. The van der Waals surface area contributed by atoms with E-state index in [1.807, 2.05) is 36.4 Å².